The topological polar surface area (TPSA) is 237 Å². The molecule has 0 aliphatic rings. The van der Waals surface area contributed by atoms with Crippen LogP contribution in [-0.2, 0) is 65.4 Å². The van der Waals surface area contributed by atoms with Gasteiger partial charge in [0.05, 0.1) is 26.4 Å². The first-order valence-corrected chi connectivity index (χ1v) is 38.7. The molecule has 0 aliphatic carbocycles. The average Bonchev–Trinajstić information content (AvgIpc) is 3.70. The normalized spacial score (nSPS) is 14.4. The zero-order valence-electron chi connectivity index (χ0n) is 57.4. The summed E-state index contributed by atoms with van der Waals surface area (Å²) in [7, 11) is -9.91. The highest BCUT2D eigenvalue weighted by Crippen LogP contribution is 2.45. The first-order valence-electron chi connectivity index (χ1n) is 35.7. The Morgan fingerprint density at radius 1 is 0.348 bits per heavy atom. The minimum Gasteiger partial charge on any atom is -0.462 e. The van der Waals surface area contributed by atoms with Gasteiger partial charge < -0.3 is 33.8 Å². The molecule has 0 aliphatic heterocycles. The molecule has 19 heteroatoms. The molecule has 0 bridgehead atoms. The highest BCUT2D eigenvalue weighted by atomic mass is 31.2. The number of phosphoric acid groups is 2. The third kappa shape index (κ3) is 64.1. The van der Waals surface area contributed by atoms with E-state index >= 15 is 0 Å². The highest BCUT2D eigenvalue weighted by Gasteiger charge is 2.30. The Labute approximate surface area is 542 Å². The zero-order chi connectivity index (χ0) is 65.9. The Balaban J connectivity index is 5.28. The van der Waals surface area contributed by atoms with Crippen LogP contribution >= 0.6 is 15.6 Å². The van der Waals surface area contributed by atoms with E-state index in [1.165, 1.54) is 116 Å². The van der Waals surface area contributed by atoms with Crippen molar-refractivity contribution in [3.63, 3.8) is 0 Å². The van der Waals surface area contributed by atoms with Crippen LogP contribution in [0.15, 0.2) is 24.3 Å². The number of carbonyl (C=O) groups is 4. The minimum absolute atomic E-state index is 0.0971. The monoisotopic (exact) mass is 1310 g/mol. The van der Waals surface area contributed by atoms with Gasteiger partial charge in [0.15, 0.2) is 12.2 Å². The number of aliphatic hydroxyl groups is 1. The van der Waals surface area contributed by atoms with E-state index in [9.17, 15) is 43.2 Å². The van der Waals surface area contributed by atoms with Crippen molar-refractivity contribution >= 4 is 39.5 Å². The molecule has 0 heterocycles. The molecular weight excluding hydrogens is 1170 g/mol. The fourth-order valence-electron chi connectivity index (χ4n) is 10.0. The van der Waals surface area contributed by atoms with Gasteiger partial charge in [-0.3, -0.25) is 37.3 Å². The first kappa shape index (κ1) is 86.5. The van der Waals surface area contributed by atoms with Gasteiger partial charge in [-0.15, -0.1) is 0 Å². The lowest BCUT2D eigenvalue weighted by Crippen LogP contribution is -2.30. The fraction of sp³-hybridized carbons (Fsp3) is 0.886. The quantitative estimate of drug-likeness (QED) is 0.0169. The van der Waals surface area contributed by atoms with E-state index in [0.29, 0.717) is 31.6 Å². The number of hydrogen-bond donors (Lipinski definition) is 3. The van der Waals surface area contributed by atoms with E-state index < -0.39 is 97.5 Å². The van der Waals surface area contributed by atoms with Crippen LogP contribution in [0.3, 0.4) is 0 Å². The summed E-state index contributed by atoms with van der Waals surface area (Å²) >= 11 is 0. The number of rotatable bonds is 66. The molecule has 89 heavy (non-hydrogen) atoms. The van der Waals surface area contributed by atoms with Crippen molar-refractivity contribution in [2.45, 2.75) is 343 Å². The highest BCUT2D eigenvalue weighted by molar-refractivity contribution is 7.47. The van der Waals surface area contributed by atoms with Crippen molar-refractivity contribution in [1.82, 2.24) is 0 Å². The molecule has 0 saturated heterocycles. The second-order valence-electron chi connectivity index (χ2n) is 26.0. The van der Waals surface area contributed by atoms with Crippen molar-refractivity contribution in [3.05, 3.63) is 24.3 Å². The van der Waals surface area contributed by atoms with Gasteiger partial charge >= 0.3 is 39.5 Å². The lowest BCUT2D eigenvalue weighted by atomic mass is 10.0. The van der Waals surface area contributed by atoms with Crippen LogP contribution in [0.25, 0.3) is 0 Å². The Hall–Kier alpha value is -2.46. The van der Waals surface area contributed by atoms with Gasteiger partial charge in [0.1, 0.15) is 19.3 Å². The number of phosphoric ester groups is 2. The van der Waals surface area contributed by atoms with Gasteiger partial charge in [0.25, 0.3) is 0 Å². The van der Waals surface area contributed by atoms with Crippen molar-refractivity contribution in [2.24, 2.45) is 17.8 Å². The van der Waals surface area contributed by atoms with Crippen molar-refractivity contribution in [2.75, 3.05) is 39.6 Å². The predicted octanol–water partition coefficient (Wildman–Crippen LogP) is 19.4. The molecule has 3 N–H and O–H groups in total. The number of unbranched alkanes of at least 4 members (excludes halogenated alkanes) is 31. The fourth-order valence-corrected chi connectivity index (χ4v) is 11.6. The molecule has 3 unspecified atom stereocenters. The largest absolute Gasteiger partial charge is 0.472 e. The Bertz CT molecular complexity index is 1840. The second-order valence-corrected chi connectivity index (χ2v) is 28.9. The number of allylic oxidation sites excluding steroid dienone is 4. The third-order valence-electron chi connectivity index (χ3n) is 15.5. The standard InChI is InChI=1S/C70H132O17P2/c1-8-9-10-11-12-13-14-15-16-17-18-21-30-37-44-51-67(72)80-57-66(87-70(75)54-47-40-33-26-24-29-36-43-50-63(6)7)60-85-89(78,79)83-56-64(71)55-82-88(76,77)84-59-65(58-81-68(73)52-45-38-31-25-23-28-35-42-49-62(4)5)86-69(74)53-46-39-32-22-19-20-27-34-41-48-61(2)3/h13-16,61-66,71H,8-12,17-60H2,1-7H3,(H,76,77)(H,78,79)/b14-13-,16-15-/t64?,65-,66-/m1/s1. The van der Waals surface area contributed by atoms with Crippen molar-refractivity contribution in [3.8, 4) is 0 Å². The smallest absolute Gasteiger partial charge is 0.462 e. The lowest BCUT2D eigenvalue weighted by molar-refractivity contribution is -0.161. The van der Waals surface area contributed by atoms with Gasteiger partial charge in [-0.1, -0.05) is 272 Å². The van der Waals surface area contributed by atoms with E-state index in [4.69, 9.17) is 37.0 Å². The third-order valence-corrected chi connectivity index (χ3v) is 17.4. The Morgan fingerprint density at radius 2 is 0.607 bits per heavy atom. The minimum atomic E-state index is -4.96. The SMILES string of the molecule is CCCCCC/C=C\C=C/CCCCCCCC(=O)OC[C@H](COP(=O)(O)OCC(O)COP(=O)(O)OC[C@@H](COC(=O)CCCCCCCCCCC(C)C)OC(=O)CCCCCCCCCCCC(C)C)OC(=O)CCCCCCCCCCC(C)C. The number of hydrogen-bond acceptors (Lipinski definition) is 15. The molecule has 0 amide bonds. The van der Waals surface area contributed by atoms with Crippen LogP contribution in [0.2, 0.25) is 0 Å². The summed E-state index contributed by atoms with van der Waals surface area (Å²) in [6.07, 6.45) is 46.7. The summed E-state index contributed by atoms with van der Waals surface area (Å²) in [5, 5.41) is 10.6. The van der Waals surface area contributed by atoms with Crippen molar-refractivity contribution in [1.29, 1.82) is 0 Å². The molecule has 0 radical (unpaired) electrons. The van der Waals surface area contributed by atoms with Gasteiger partial charge in [0, 0.05) is 25.7 Å². The number of ether oxygens (including phenoxy) is 4. The van der Waals surface area contributed by atoms with E-state index in [-0.39, 0.29) is 25.7 Å². The number of carbonyl (C=O) groups excluding carboxylic acids is 4. The first-order chi connectivity index (χ1) is 42.7. The second kappa shape index (κ2) is 60.5. The predicted molar refractivity (Wildman–Crippen MR) is 358 cm³/mol. The summed E-state index contributed by atoms with van der Waals surface area (Å²) in [6, 6.07) is 0. The zero-order valence-corrected chi connectivity index (χ0v) is 59.2. The van der Waals surface area contributed by atoms with E-state index in [1.807, 2.05) is 0 Å². The van der Waals surface area contributed by atoms with E-state index in [0.717, 1.165) is 121 Å². The Morgan fingerprint density at radius 3 is 0.910 bits per heavy atom. The maximum absolute atomic E-state index is 13.0. The maximum atomic E-state index is 13.0. The van der Waals surface area contributed by atoms with Crippen LogP contribution in [0.5, 0.6) is 0 Å². The van der Waals surface area contributed by atoms with Crippen molar-refractivity contribution < 1.29 is 80.2 Å². The van der Waals surface area contributed by atoms with Gasteiger partial charge in [0.2, 0.25) is 0 Å². The molecule has 0 rings (SSSR count). The molecule has 0 aromatic heterocycles. The van der Waals surface area contributed by atoms with Crippen LogP contribution in [0, 0.1) is 17.8 Å². The summed E-state index contributed by atoms with van der Waals surface area (Å²) in [5.41, 5.74) is 0. The molecule has 0 saturated carbocycles. The van der Waals surface area contributed by atoms with Crippen LogP contribution < -0.4 is 0 Å². The van der Waals surface area contributed by atoms with Gasteiger partial charge in [-0.05, 0) is 69.1 Å². The van der Waals surface area contributed by atoms with Crippen LogP contribution in [0.1, 0.15) is 325 Å². The molecule has 0 aromatic carbocycles. The number of aliphatic hydroxyl groups excluding tert-OH is 1. The summed E-state index contributed by atoms with van der Waals surface area (Å²) < 4.78 is 68.2. The van der Waals surface area contributed by atoms with Crippen LogP contribution in [-0.4, -0.2) is 96.7 Å². The molecule has 524 valence electrons. The molecule has 0 aromatic rings. The van der Waals surface area contributed by atoms with Gasteiger partial charge in [-0.2, -0.15) is 0 Å². The average molecular weight is 1310 g/mol. The summed E-state index contributed by atoms with van der Waals surface area (Å²) in [6.45, 7) is 11.7. The Kier molecular flexibility index (Phi) is 58.8. The van der Waals surface area contributed by atoms with E-state index in [1.54, 1.807) is 0 Å². The molecule has 17 nitrogen and oxygen atoms in total. The van der Waals surface area contributed by atoms with E-state index in [2.05, 4.69) is 72.8 Å². The summed E-state index contributed by atoms with van der Waals surface area (Å²) in [4.78, 5) is 72.5. The molecule has 0 fully saturated rings. The number of esters is 4. The van der Waals surface area contributed by atoms with Gasteiger partial charge in [-0.25, -0.2) is 9.13 Å². The van der Waals surface area contributed by atoms with Crippen LogP contribution in [0.4, 0.5) is 0 Å². The summed E-state index contributed by atoms with van der Waals surface area (Å²) in [5.74, 6) is 0.0149. The maximum Gasteiger partial charge on any atom is 0.472 e. The lowest BCUT2D eigenvalue weighted by Gasteiger charge is -2.21. The molecular formula is C70H132O17P2. The molecule has 5 atom stereocenters. The molecule has 0 spiro atoms.